The maximum atomic E-state index is 12.5. The summed E-state index contributed by atoms with van der Waals surface area (Å²) in [5.41, 5.74) is 3.67. The Bertz CT molecular complexity index is 1140. The molecule has 0 aliphatic heterocycles. The number of amides is 1. The van der Waals surface area contributed by atoms with Gasteiger partial charge < -0.3 is 10.6 Å². The van der Waals surface area contributed by atoms with Crippen molar-refractivity contribution in [2.45, 2.75) is 6.54 Å². The lowest BCUT2D eigenvalue weighted by molar-refractivity contribution is 0.0946. The highest BCUT2D eigenvalue weighted by molar-refractivity contribution is 6.31. The lowest BCUT2D eigenvalue weighted by atomic mass is 10.2. The maximum Gasteiger partial charge on any atom is 0.270 e. The van der Waals surface area contributed by atoms with Crippen LogP contribution in [0.4, 0.5) is 11.4 Å². The average molecular weight is 389 g/mol. The molecule has 0 radical (unpaired) electrons. The van der Waals surface area contributed by atoms with Crippen molar-refractivity contribution >= 4 is 39.8 Å². The van der Waals surface area contributed by atoms with Crippen LogP contribution in [0.1, 0.15) is 16.1 Å². The molecule has 2 N–H and O–H groups in total. The number of rotatable bonds is 5. The van der Waals surface area contributed by atoms with Crippen LogP contribution < -0.4 is 10.6 Å². The summed E-state index contributed by atoms with van der Waals surface area (Å²) in [7, 11) is 0. The molecule has 1 amide bonds. The molecule has 0 spiro atoms. The van der Waals surface area contributed by atoms with E-state index in [1.165, 1.54) is 0 Å². The van der Waals surface area contributed by atoms with Gasteiger partial charge in [0, 0.05) is 35.0 Å². The van der Waals surface area contributed by atoms with E-state index in [1.807, 2.05) is 54.6 Å². The SMILES string of the molecule is O=C(NCc1ccccc1Cl)c1cc(Nc2cccc3cccnc23)ccn1. The van der Waals surface area contributed by atoms with Crippen LogP contribution in [0.15, 0.2) is 79.1 Å². The summed E-state index contributed by atoms with van der Waals surface area (Å²) < 4.78 is 0. The normalized spacial score (nSPS) is 10.6. The molecule has 6 heteroatoms. The summed E-state index contributed by atoms with van der Waals surface area (Å²) in [5, 5.41) is 7.83. The number of para-hydroxylation sites is 1. The van der Waals surface area contributed by atoms with E-state index in [-0.39, 0.29) is 5.91 Å². The van der Waals surface area contributed by atoms with E-state index in [4.69, 9.17) is 11.6 Å². The topological polar surface area (TPSA) is 66.9 Å². The molecule has 0 saturated heterocycles. The smallest absolute Gasteiger partial charge is 0.270 e. The van der Waals surface area contributed by atoms with E-state index in [0.29, 0.717) is 17.3 Å². The lowest BCUT2D eigenvalue weighted by Crippen LogP contribution is -2.24. The zero-order valence-corrected chi connectivity index (χ0v) is 15.6. The number of hydrogen-bond donors (Lipinski definition) is 2. The van der Waals surface area contributed by atoms with E-state index < -0.39 is 0 Å². The number of carbonyl (C=O) groups is 1. The minimum Gasteiger partial charge on any atom is -0.354 e. The largest absolute Gasteiger partial charge is 0.354 e. The molecular formula is C22H17ClN4O. The van der Waals surface area contributed by atoms with Crippen molar-refractivity contribution in [2.24, 2.45) is 0 Å². The van der Waals surface area contributed by atoms with Crippen LogP contribution in [-0.2, 0) is 6.54 Å². The van der Waals surface area contributed by atoms with Crippen molar-refractivity contribution in [3.8, 4) is 0 Å². The minimum absolute atomic E-state index is 0.264. The first-order valence-corrected chi connectivity index (χ1v) is 9.17. The maximum absolute atomic E-state index is 12.5. The molecule has 2 aromatic heterocycles. The number of carbonyl (C=O) groups excluding carboxylic acids is 1. The van der Waals surface area contributed by atoms with Crippen molar-refractivity contribution in [1.82, 2.24) is 15.3 Å². The zero-order chi connectivity index (χ0) is 19.3. The van der Waals surface area contributed by atoms with Crippen LogP contribution in [0.2, 0.25) is 5.02 Å². The van der Waals surface area contributed by atoms with Gasteiger partial charge in [0.05, 0.1) is 11.2 Å². The predicted octanol–water partition coefficient (Wildman–Crippen LogP) is 4.96. The average Bonchev–Trinajstić information content (AvgIpc) is 2.73. The van der Waals surface area contributed by atoms with Gasteiger partial charge in [-0.05, 0) is 35.9 Å². The van der Waals surface area contributed by atoms with Crippen LogP contribution >= 0.6 is 11.6 Å². The Balaban J connectivity index is 1.51. The highest BCUT2D eigenvalue weighted by Gasteiger charge is 2.10. The van der Waals surface area contributed by atoms with Gasteiger partial charge in [0.1, 0.15) is 5.69 Å². The van der Waals surface area contributed by atoms with Gasteiger partial charge in [-0.3, -0.25) is 14.8 Å². The van der Waals surface area contributed by atoms with E-state index in [2.05, 4.69) is 20.6 Å². The first kappa shape index (κ1) is 17.9. The molecule has 5 nitrogen and oxygen atoms in total. The molecule has 0 aliphatic carbocycles. The molecule has 4 rings (SSSR count). The Morgan fingerprint density at radius 3 is 2.68 bits per heavy atom. The third-order valence-electron chi connectivity index (χ3n) is 4.30. The summed E-state index contributed by atoms with van der Waals surface area (Å²) >= 11 is 6.13. The number of anilines is 2. The highest BCUT2D eigenvalue weighted by atomic mass is 35.5. The van der Waals surface area contributed by atoms with Crippen molar-refractivity contribution in [3.63, 3.8) is 0 Å². The molecule has 0 unspecified atom stereocenters. The standard InChI is InChI=1S/C22H17ClN4O/c23-18-8-2-1-5-16(18)14-26-22(28)20-13-17(10-12-24-20)27-19-9-3-6-15-7-4-11-25-21(15)19/h1-13H,14H2,(H,24,27)(H,26,28). The van der Waals surface area contributed by atoms with Gasteiger partial charge >= 0.3 is 0 Å². The van der Waals surface area contributed by atoms with E-state index >= 15 is 0 Å². The fourth-order valence-electron chi connectivity index (χ4n) is 2.90. The Labute approximate surface area is 167 Å². The first-order valence-electron chi connectivity index (χ1n) is 8.79. The van der Waals surface area contributed by atoms with Crippen LogP contribution in [-0.4, -0.2) is 15.9 Å². The summed E-state index contributed by atoms with van der Waals surface area (Å²) in [6, 6.07) is 20.8. The van der Waals surface area contributed by atoms with E-state index in [0.717, 1.165) is 27.8 Å². The fourth-order valence-corrected chi connectivity index (χ4v) is 3.10. The van der Waals surface area contributed by atoms with Gasteiger partial charge in [0.15, 0.2) is 0 Å². The van der Waals surface area contributed by atoms with Crippen LogP contribution in [0.25, 0.3) is 10.9 Å². The first-order chi connectivity index (χ1) is 13.7. The van der Waals surface area contributed by atoms with Gasteiger partial charge in [0.2, 0.25) is 0 Å². The number of pyridine rings is 2. The monoisotopic (exact) mass is 388 g/mol. The van der Waals surface area contributed by atoms with Gasteiger partial charge in [-0.25, -0.2) is 0 Å². The molecule has 2 heterocycles. The van der Waals surface area contributed by atoms with Gasteiger partial charge in [-0.2, -0.15) is 0 Å². The number of fused-ring (bicyclic) bond motifs is 1. The Kier molecular flexibility index (Phi) is 5.17. The molecular weight excluding hydrogens is 372 g/mol. The number of halogens is 1. The van der Waals surface area contributed by atoms with E-state index in [9.17, 15) is 4.79 Å². The molecule has 138 valence electrons. The van der Waals surface area contributed by atoms with Crippen molar-refractivity contribution in [2.75, 3.05) is 5.32 Å². The molecule has 0 fully saturated rings. The van der Waals surface area contributed by atoms with Crippen LogP contribution in [0.5, 0.6) is 0 Å². The number of hydrogen-bond acceptors (Lipinski definition) is 4. The third-order valence-corrected chi connectivity index (χ3v) is 4.67. The van der Waals surface area contributed by atoms with Crippen LogP contribution in [0, 0.1) is 0 Å². The molecule has 28 heavy (non-hydrogen) atoms. The van der Waals surface area contributed by atoms with Crippen molar-refractivity contribution in [1.29, 1.82) is 0 Å². The van der Waals surface area contributed by atoms with Gasteiger partial charge in [-0.1, -0.05) is 48.0 Å². The molecule has 0 saturated carbocycles. The fraction of sp³-hybridized carbons (Fsp3) is 0.0455. The number of benzene rings is 2. The van der Waals surface area contributed by atoms with Crippen molar-refractivity contribution in [3.05, 3.63) is 95.4 Å². The Hall–Kier alpha value is -3.44. The predicted molar refractivity (Wildman–Crippen MR) is 112 cm³/mol. The molecule has 2 aromatic carbocycles. The second kappa shape index (κ2) is 8.06. The second-order valence-electron chi connectivity index (χ2n) is 6.21. The summed E-state index contributed by atoms with van der Waals surface area (Å²) in [6.45, 7) is 0.338. The second-order valence-corrected chi connectivity index (χ2v) is 6.62. The number of nitrogens with one attached hydrogen (secondary N) is 2. The third kappa shape index (κ3) is 3.94. The zero-order valence-electron chi connectivity index (χ0n) is 14.9. The quantitative estimate of drug-likeness (QED) is 0.507. The molecule has 0 atom stereocenters. The number of nitrogens with zero attached hydrogens (tertiary/aromatic N) is 2. The minimum atomic E-state index is -0.264. The number of aromatic nitrogens is 2. The Morgan fingerprint density at radius 1 is 0.929 bits per heavy atom. The summed E-state index contributed by atoms with van der Waals surface area (Å²) in [4.78, 5) is 21.1. The Morgan fingerprint density at radius 2 is 1.79 bits per heavy atom. The summed E-state index contributed by atoms with van der Waals surface area (Å²) in [5.74, 6) is -0.264. The molecule has 0 bridgehead atoms. The van der Waals surface area contributed by atoms with Crippen molar-refractivity contribution < 1.29 is 4.79 Å². The van der Waals surface area contributed by atoms with Gasteiger partial charge in [0.25, 0.3) is 5.91 Å². The lowest BCUT2D eigenvalue weighted by Gasteiger charge is -2.10. The molecule has 0 aliphatic rings. The molecule has 4 aromatic rings. The van der Waals surface area contributed by atoms with E-state index in [1.54, 1.807) is 24.5 Å². The summed E-state index contributed by atoms with van der Waals surface area (Å²) in [6.07, 6.45) is 3.36. The van der Waals surface area contributed by atoms with Crippen LogP contribution in [0.3, 0.4) is 0 Å². The van der Waals surface area contributed by atoms with Gasteiger partial charge in [-0.15, -0.1) is 0 Å². The highest BCUT2D eigenvalue weighted by Crippen LogP contribution is 2.24.